The Kier molecular flexibility index (Phi) is 3.26. The van der Waals surface area contributed by atoms with Gasteiger partial charge in [-0.1, -0.05) is 18.2 Å². The van der Waals surface area contributed by atoms with E-state index in [0.717, 1.165) is 35.9 Å². The maximum atomic E-state index is 6.31. The lowest BCUT2D eigenvalue weighted by atomic mass is 9.96. The standard InChI is InChI=1S/C15H18N2O/c16-15(14-5-1-2-9-18-14)12-7-6-11-4-3-8-17-13(11)10-12/h3-4,6-8,10,14-15H,1-2,5,9,16H2. The predicted molar refractivity (Wildman–Crippen MR) is 72.3 cm³/mol. The number of aromatic nitrogens is 1. The predicted octanol–water partition coefficient (Wildman–Crippen LogP) is 2.80. The molecule has 2 aromatic rings. The largest absolute Gasteiger partial charge is 0.376 e. The average molecular weight is 242 g/mol. The molecule has 2 unspecified atom stereocenters. The molecule has 0 aliphatic carbocycles. The van der Waals surface area contributed by atoms with Gasteiger partial charge in [-0.3, -0.25) is 4.98 Å². The van der Waals surface area contributed by atoms with Gasteiger partial charge < -0.3 is 10.5 Å². The van der Waals surface area contributed by atoms with Crippen LogP contribution in [0.3, 0.4) is 0 Å². The number of rotatable bonds is 2. The molecule has 2 N–H and O–H groups in total. The van der Waals surface area contributed by atoms with Crippen molar-refractivity contribution in [1.29, 1.82) is 0 Å². The highest BCUT2D eigenvalue weighted by atomic mass is 16.5. The van der Waals surface area contributed by atoms with Gasteiger partial charge in [0.15, 0.2) is 0 Å². The van der Waals surface area contributed by atoms with Gasteiger partial charge in [0.2, 0.25) is 0 Å². The zero-order valence-electron chi connectivity index (χ0n) is 10.4. The molecule has 1 aliphatic rings. The fourth-order valence-electron chi connectivity index (χ4n) is 2.55. The Balaban J connectivity index is 1.88. The molecule has 0 radical (unpaired) electrons. The van der Waals surface area contributed by atoms with E-state index in [0.29, 0.717) is 0 Å². The van der Waals surface area contributed by atoms with E-state index in [9.17, 15) is 0 Å². The highest BCUT2D eigenvalue weighted by Gasteiger charge is 2.22. The molecule has 2 atom stereocenters. The molecule has 0 saturated carbocycles. The molecule has 1 saturated heterocycles. The minimum atomic E-state index is -0.0447. The van der Waals surface area contributed by atoms with Crippen LogP contribution < -0.4 is 5.73 Å². The average Bonchev–Trinajstić information content (AvgIpc) is 2.47. The first-order valence-corrected chi connectivity index (χ1v) is 6.56. The van der Waals surface area contributed by atoms with Crippen LogP contribution in [0, 0.1) is 0 Å². The van der Waals surface area contributed by atoms with Crippen molar-refractivity contribution in [2.45, 2.75) is 31.4 Å². The third-order valence-electron chi connectivity index (χ3n) is 3.63. The smallest absolute Gasteiger partial charge is 0.0767 e. The molecule has 0 amide bonds. The molecule has 3 nitrogen and oxygen atoms in total. The van der Waals surface area contributed by atoms with Crippen molar-refractivity contribution in [2.75, 3.05) is 6.61 Å². The second kappa shape index (κ2) is 5.04. The Morgan fingerprint density at radius 3 is 3.06 bits per heavy atom. The van der Waals surface area contributed by atoms with Gasteiger partial charge in [-0.15, -0.1) is 0 Å². The van der Waals surface area contributed by atoms with Crippen molar-refractivity contribution in [2.24, 2.45) is 5.73 Å². The van der Waals surface area contributed by atoms with Gasteiger partial charge in [0, 0.05) is 18.2 Å². The van der Waals surface area contributed by atoms with Crippen molar-refractivity contribution < 1.29 is 4.74 Å². The summed E-state index contributed by atoms with van der Waals surface area (Å²) in [5.74, 6) is 0. The molecule has 2 heterocycles. The number of hydrogen-bond acceptors (Lipinski definition) is 3. The Bertz CT molecular complexity index is 535. The van der Waals surface area contributed by atoms with E-state index in [4.69, 9.17) is 10.5 Å². The van der Waals surface area contributed by atoms with E-state index in [1.54, 1.807) is 0 Å². The maximum Gasteiger partial charge on any atom is 0.0767 e. The Labute approximate surface area is 107 Å². The molecule has 1 aromatic carbocycles. The van der Waals surface area contributed by atoms with Crippen LogP contribution >= 0.6 is 0 Å². The van der Waals surface area contributed by atoms with Gasteiger partial charge in [-0.2, -0.15) is 0 Å². The normalized spacial score (nSPS) is 21.9. The highest BCUT2D eigenvalue weighted by Crippen LogP contribution is 2.26. The number of nitrogens with zero attached hydrogens (tertiary/aromatic N) is 1. The van der Waals surface area contributed by atoms with Crippen molar-refractivity contribution in [3.05, 3.63) is 42.1 Å². The summed E-state index contributed by atoms with van der Waals surface area (Å²) >= 11 is 0. The monoisotopic (exact) mass is 242 g/mol. The van der Waals surface area contributed by atoms with Crippen LogP contribution in [0.2, 0.25) is 0 Å². The van der Waals surface area contributed by atoms with Crippen molar-refractivity contribution in [3.8, 4) is 0 Å². The molecule has 3 heteroatoms. The fourth-order valence-corrected chi connectivity index (χ4v) is 2.55. The van der Waals surface area contributed by atoms with E-state index >= 15 is 0 Å². The quantitative estimate of drug-likeness (QED) is 0.881. The Morgan fingerprint density at radius 2 is 2.22 bits per heavy atom. The topological polar surface area (TPSA) is 48.1 Å². The second-order valence-corrected chi connectivity index (χ2v) is 4.89. The number of ether oxygens (including phenoxy) is 1. The summed E-state index contributed by atoms with van der Waals surface area (Å²) in [6, 6.07) is 10.2. The molecule has 1 fully saturated rings. The van der Waals surface area contributed by atoms with E-state index in [1.165, 1.54) is 6.42 Å². The summed E-state index contributed by atoms with van der Waals surface area (Å²) in [4.78, 5) is 4.37. The van der Waals surface area contributed by atoms with E-state index in [1.807, 2.05) is 12.3 Å². The van der Waals surface area contributed by atoms with Crippen LogP contribution in [0.5, 0.6) is 0 Å². The number of pyridine rings is 1. The first-order chi connectivity index (χ1) is 8.84. The zero-order chi connectivity index (χ0) is 12.4. The van der Waals surface area contributed by atoms with Crippen LogP contribution in [0.25, 0.3) is 10.9 Å². The summed E-state index contributed by atoms with van der Waals surface area (Å²) in [6.07, 6.45) is 5.39. The summed E-state index contributed by atoms with van der Waals surface area (Å²) in [5, 5.41) is 1.15. The molecule has 1 aromatic heterocycles. The van der Waals surface area contributed by atoms with Crippen LogP contribution in [0.4, 0.5) is 0 Å². The van der Waals surface area contributed by atoms with Gasteiger partial charge in [-0.25, -0.2) is 0 Å². The lowest BCUT2D eigenvalue weighted by molar-refractivity contribution is 0.0000354. The van der Waals surface area contributed by atoms with Crippen molar-refractivity contribution >= 4 is 10.9 Å². The lowest BCUT2D eigenvalue weighted by Gasteiger charge is -2.28. The van der Waals surface area contributed by atoms with Gasteiger partial charge in [0.25, 0.3) is 0 Å². The number of fused-ring (bicyclic) bond motifs is 1. The summed E-state index contributed by atoms with van der Waals surface area (Å²) in [5.41, 5.74) is 8.43. The number of hydrogen-bond donors (Lipinski definition) is 1. The van der Waals surface area contributed by atoms with Gasteiger partial charge in [-0.05, 0) is 37.0 Å². The van der Waals surface area contributed by atoms with E-state index in [2.05, 4.69) is 29.2 Å². The second-order valence-electron chi connectivity index (χ2n) is 4.89. The Hall–Kier alpha value is -1.45. The molecule has 3 rings (SSSR count). The molecular weight excluding hydrogens is 224 g/mol. The first kappa shape index (κ1) is 11.6. The maximum absolute atomic E-state index is 6.31. The minimum Gasteiger partial charge on any atom is -0.376 e. The zero-order valence-corrected chi connectivity index (χ0v) is 10.4. The molecular formula is C15H18N2O. The van der Waals surface area contributed by atoms with E-state index in [-0.39, 0.29) is 12.1 Å². The molecule has 0 spiro atoms. The third-order valence-corrected chi connectivity index (χ3v) is 3.63. The van der Waals surface area contributed by atoms with Crippen molar-refractivity contribution in [1.82, 2.24) is 4.98 Å². The molecule has 0 bridgehead atoms. The summed E-state index contributed by atoms with van der Waals surface area (Å²) in [6.45, 7) is 0.837. The van der Waals surface area contributed by atoms with Crippen LogP contribution in [0.15, 0.2) is 36.5 Å². The van der Waals surface area contributed by atoms with Crippen LogP contribution in [-0.2, 0) is 4.74 Å². The lowest BCUT2D eigenvalue weighted by Crippen LogP contribution is -2.31. The SMILES string of the molecule is NC(c1ccc2cccnc2c1)C1CCCCO1. The van der Waals surface area contributed by atoms with Crippen LogP contribution in [0.1, 0.15) is 30.9 Å². The number of benzene rings is 1. The Morgan fingerprint density at radius 1 is 1.28 bits per heavy atom. The minimum absolute atomic E-state index is 0.0447. The van der Waals surface area contributed by atoms with Gasteiger partial charge in [0.1, 0.15) is 0 Å². The molecule has 94 valence electrons. The highest BCUT2D eigenvalue weighted by molar-refractivity contribution is 5.79. The van der Waals surface area contributed by atoms with Crippen molar-refractivity contribution in [3.63, 3.8) is 0 Å². The van der Waals surface area contributed by atoms with E-state index < -0.39 is 0 Å². The first-order valence-electron chi connectivity index (χ1n) is 6.56. The van der Waals surface area contributed by atoms with Gasteiger partial charge >= 0.3 is 0 Å². The third kappa shape index (κ3) is 2.24. The summed E-state index contributed by atoms with van der Waals surface area (Å²) in [7, 11) is 0. The fraction of sp³-hybridized carbons (Fsp3) is 0.400. The van der Waals surface area contributed by atoms with Crippen LogP contribution in [-0.4, -0.2) is 17.7 Å². The van der Waals surface area contributed by atoms with Gasteiger partial charge in [0.05, 0.1) is 17.7 Å². The number of nitrogens with two attached hydrogens (primary N) is 1. The summed E-state index contributed by atoms with van der Waals surface area (Å²) < 4.78 is 5.76. The molecule has 1 aliphatic heterocycles. The molecule has 18 heavy (non-hydrogen) atoms.